The molecule has 1 saturated heterocycles. The third kappa shape index (κ3) is 3.98. The van der Waals surface area contributed by atoms with Crippen molar-refractivity contribution in [2.45, 2.75) is 51.7 Å². The van der Waals surface area contributed by atoms with Gasteiger partial charge in [0.1, 0.15) is 5.15 Å². The van der Waals surface area contributed by atoms with E-state index in [-0.39, 0.29) is 0 Å². The van der Waals surface area contributed by atoms with Crippen LogP contribution in [-0.2, 0) is 4.74 Å². The fraction of sp³-hybridized carbons (Fsp3) is 0.643. The number of rotatable bonds is 4. The van der Waals surface area contributed by atoms with E-state index in [2.05, 4.69) is 17.2 Å². The topological polar surface area (TPSA) is 34.2 Å². The van der Waals surface area contributed by atoms with Gasteiger partial charge in [0.05, 0.1) is 11.8 Å². The number of halogens is 2. The molecule has 1 N–H and O–H groups in total. The Labute approximate surface area is 124 Å². The van der Waals surface area contributed by atoms with Crippen molar-refractivity contribution in [1.82, 2.24) is 4.98 Å². The Balaban J connectivity index is 2.04. The first-order chi connectivity index (χ1) is 9.10. The molecule has 0 aromatic carbocycles. The van der Waals surface area contributed by atoms with Crippen molar-refractivity contribution in [3.63, 3.8) is 0 Å². The van der Waals surface area contributed by atoms with Crippen molar-refractivity contribution >= 4 is 28.9 Å². The summed E-state index contributed by atoms with van der Waals surface area (Å²) in [4.78, 5) is 4.09. The Morgan fingerprint density at radius 3 is 2.95 bits per heavy atom. The zero-order valence-electron chi connectivity index (χ0n) is 11.4. The van der Waals surface area contributed by atoms with Gasteiger partial charge in [0.25, 0.3) is 0 Å². The smallest absolute Gasteiger partial charge is 0.154 e. The molecule has 2 atom stereocenters. The first-order valence-electron chi connectivity index (χ1n) is 6.81. The molecule has 0 saturated carbocycles. The highest BCUT2D eigenvalue weighted by Crippen LogP contribution is 2.29. The van der Waals surface area contributed by atoms with Crippen LogP contribution in [0, 0.1) is 6.92 Å². The van der Waals surface area contributed by atoms with Crippen molar-refractivity contribution in [3.8, 4) is 0 Å². The van der Waals surface area contributed by atoms with E-state index >= 15 is 0 Å². The highest BCUT2D eigenvalue weighted by atomic mass is 35.5. The lowest BCUT2D eigenvalue weighted by molar-refractivity contribution is 0.00596. The van der Waals surface area contributed by atoms with Crippen LogP contribution in [0.15, 0.2) is 6.07 Å². The van der Waals surface area contributed by atoms with Crippen LogP contribution in [0.5, 0.6) is 0 Å². The third-order valence-electron chi connectivity index (χ3n) is 3.47. The van der Waals surface area contributed by atoms with Gasteiger partial charge in [0, 0.05) is 12.6 Å². The van der Waals surface area contributed by atoms with Gasteiger partial charge in [-0.3, -0.25) is 0 Å². The molecule has 2 rings (SSSR count). The van der Waals surface area contributed by atoms with Crippen molar-refractivity contribution in [2.75, 3.05) is 11.9 Å². The first-order valence-corrected chi connectivity index (χ1v) is 7.56. The predicted octanol–water partition coefficient (Wildman–Crippen LogP) is 4.46. The molecule has 1 aliphatic heterocycles. The van der Waals surface area contributed by atoms with Crippen molar-refractivity contribution in [3.05, 3.63) is 21.9 Å². The third-order valence-corrected chi connectivity index (χ3v) is 3.93. The second-order valence-electron chi connectivity index (χ2n) is 5.07. The van der Waals surface area contributed by atoms with E-state index in [9.17, 15) is 0 Å². The number of hydrogen-bond acceptors (Lipinski definition) is 3. The molecule has 1 aliphatic rings. The fourth-order valence-electron chi connectivity index (χ4n) is 2.51. The molecule has 3 nitrogen and oxygen atoms in total. The van der Waals surface area contributed by atoms with E-state index in [4.69, 9.17) is 27.9 Å². The molecule has 2 heterocycles. The molecule has 1 aromatic heterocycles. The lowest BCUT2D eigenvalue weighted by atomic mass is 9.99. The number of aromatic nitrogens is 1. The van der Waals surface area contributed by atoms with E-state index < -0.39 is 0 Å². The second-order valence-corrected chi connectivity index (χ2v) is 5.82. The number of aryl methyl sites for hydroxylation is 1. The molecule has 1 aromatic rings. The van der Waals surface area contributed by atoms with Gasteiger partial charge in [-0.25, -0.2) is 4.98 Å². The second kappa shape index (κ2) is 6.78. The minimum absolute atomic E-state index is 0.357. The van der Waals surface area contributed by atoms with Crippen molar-refractivity contribution < 1.29 is 4.74 Å². The average Bonchev–Trinajstić information content (AvgIpc) is 2.35. The fourth-order valence-corrected chi connectivity index (χ4v) is 3.09. The van der Waals surface area contributed by atoms with Crippen molar-refractivity contribution in [1.29, 1.82) is 0 Å². The molecule has 0 aliphatic carbocycles. The standard InChI is InChI=1S/C14H20Cl2N2O/c1-3-4-11-8-10(5-6-19-11)17-13-9(2)7-12(15)18-14(13)16/h7,10-11,17H,3-6,8H2,1-2H3. The number of nitrogens with one attached hydrogen (secondary N) is 1. The summed E-state index contributed by atoms with van der Waals surface area (Å²) in [5.41, 5.74) is 1.93. The first kappa shape index (κ1) is 14.9. The van der Waals surface area contributed by atoms with Gasteiger partial charge >= 0.3 is 0 Å². The maximum Gasteiger partial charge on any atom is 0.154 e. The molecular formula is C14H20Cl2N2O. The lowest BCUT2D eigenvalue weighted by Gasteiger charge is -2.31. The summed E-state index contributed by atoms with van der Waals surface area (Å²) in [5, 5.41) is 4.38. The summed E-state index contributed by atoms with van der Waals surface area (Å²) >= 11 is 12.0. The summed E-state index contributed by atoms with van der Waals surface area (Å²) in [6.45, 7) is 4.98. The SMILES string of the molecule is CCCC1CC(Nc2c(C)cc(Cl)nc2Cl)CCO1. The molecule has 5 heteroatoms. The summed E-state index contributed by atoms with van der Waals surface area (Å²) < 4.78 is 5.76. The Hall–Kier alpha value is -0.510. The van der Waals surface area contributed by atoms with Crippen LogP contribution >= 0.6 is 23.2 Å². The Bertz CT molecular complexity index is 414. The number of nitrogens with zero attached hydrogens (tertiary/aromatic N) is 1. The van der Waals surface area contributed by atoms with Gasteiger partial charge in [-0.15, -0.1) is 0 Å². The number of hydrogen-bond donors (Lipinski definition) is 1. The van der Waals surface area contributed by atoms with Gasteiger partial charge in [0.15, 0.2) is 5.15 Å². The number of pyridine rings is 1. The highest BCUT2D eigenvalue weighted by molar-refractivity contribution is 6.34. The normalized spacial score (nSPS) is 23.4. The summed E-state index contributed by atoms with van der Waals surface area (Å²) in [5.74, 6) is 0. The van der Waals surface area contributed by atoms with E-state index in [0.29, 0.717) is 22.5 Å². The number of anilines is 1. The molecule has 2 unspecified atom stereocenters. The lowest BCUT2D eigenvalue weighted by Crippen LogP contribution is -2.34. The quantitative estimate of drug-likeness (QED) is 0.834. The van der Waals surface area contributed by atoms with E-state index in [0.717, 1.165) is 43.5 Å². The van der Waals surface area contributed by atoms with Gasteiger partial charge in [-0.1, -0.05) is 36.5 Å². The molecule has 19 heavy (non-hydrogen) atoms. The van der Waals surface area contributed by atoms with Crippen LogP contribution in [0.25, 0.3) is 0 Å². The zero-order chi connectivity index (χ0) is 13.8. The van der Waals surface area contributed by atoms with E-state index in [1.807, 2.05) is 13.0 Å². The monoisotopic (exact) mass is 302 g/mol. The molecule has 0 bridgehead atoms. The Morgan fingerprint density at radius 1 is 1.47 bits per heavy atom. The molecule has 1 fully saturated rings. The van der Waals surface area contributed by atoms with Gasteiger partial charge in [0.2, 0.25) is 0 Å². The van der Waals surface area contributed by atoms with E-state index in [1.54, 1.807) is 0 Å². The van der Waals surface area contributed by atoms with Crippen LogP contribution < -0.4 is 5.32 Å². The summed E-state index contributed by atoms with van der Waals surface area (Å²) in [6, 6.07) is 2.22. The predicted molar refractivity (Wildman–Crippen MR) is 80.3 cm³/mol. The van der Waals surface area contributed by atoms with E-state index in [1.165, 1.54) is 0 Å². The van der Waals surface area contributed by atoms with Crippen LogP contribution in [-0.4, -0.2) is 23.7 Å². The van der Waals surface area contributed by atoms with Gasteiger partial charge in [-0.05, 0) is 37.8 Å². The Kier molecular flexibility index (Phi) is 5.31. The largest absolute Gasteiger partial charge is 0.379 e. The summed E-state index contributed by atoms with van der Waals surface area (Å²) in [6.07, 6.45) is 4.64. The minimum atomic E-state index is 0.357. The maximum absolute atomic E-state index is 6.16. The Morgan fingerprint density at radius 2 is 2.26 bits per heavy atom. The van der Waals surface area contributed by atoms with Crippen LogP contribution in [0.1, 0.15) is 38.2 Å². The molecule has 0 amide bonds. The zero-order valence-corrected chi connectivity index (χ0v) is 12.9. The van der Waals surface area contributed by atoms with Gasteiger partial charge < -0.3 is 10.1 Å². The summed E-state index contributed by atoms with van der Waals surface area (Å²) in [7, 11) is 0. The molecule has 0 spiro atoms. The van der Waals surface area contributed by atoms with Gasteiger partial charge in [-0.2, -0.15) is 0 Å². The number of ether oxygens (including phenoxy) is 1. The maximum atomic E-state index is 6.16. The van der Waals surface area contributed by atoms with Crippen LogP contribution in [0.2, 0.25) is 10.3 Å². The van der Waals surface area contributed by atoms with Crippen LogP contribution in [0.4, 0.5) is 5.69 Å². The minimum Gasteiger partial charge on any atom is -0.379 e. The van der Waals surface area contributed by atoms with Crippen molar-refractivity contribution in [2.24, 2.45) is 0 Å². The average molecular weight is 303 g/mol. The highest BCUT2D eigenvalue weighted by Gasteiger charge is 2.23. The van der Waals surface area contributed by atoms with Crippen LogP contribution in [0.3, 0.4) is 0 Å². The molecule has 106 valence electrons. The molecular weight excluding hydrogens is 283 g/mol. The molecule has 0 radical (unpaired) electrons.